The number of aromatic nitrogens is 2. The van der Waals surface area contributed by atoms with Crippen LogP contribution in [-0.2, 0) is 11.3 Å². The van der Waals surface area contributed by atoms with Crippen LogP contribution in [0.15, 0.2) is 18.2 Å². The SMILES string of the molecule is Cc1cc(Cn2c(N3CCNCC3)nc3c(N4CCN(C)CC4)c(OC(=O)C(F)(F)F)c(Cl)cc32)cc(C)c1F. The number of carbonyl (C=O) groups is 1. The summed E-state index contributed by atoms with van der Waals surface area (Å²) in [4.78, 5) is 23.0. The minimum atomic E-state index is -5.19. The van der Waals surface area contributed by atoms with Gasteiger partial charge in [-0.1, -0.05) is 23.7 Å². The molecule has 2 aromatic carbocycles. The number of rotatable bonds is 5. The Bertz CT molecular complexity index is 1410. The lowest BCUT2D eigenvalue weighted by Crippen LogP contribution is -2.45. The van der Waals surface area contributed by atoms with E-state index < -0.39 is 12.1 Å². The van der Waals surface area contributed by atoms with Crippen molar-refractivity contribution in [2.75, 3.05) is 69.2 Å². The molecule has 0 radical (unpaired) electrons. The molecule has 13 heteroatoms. The molecule has 2 fully saturated rings. The summed E-state index contributed by atoms with van der Waals surface area (Å²) in [5, 5.41) is 3.18. The third-order valence-corrected chi connectivity index (χ3v) is 7.67. The van der Waals surface area contributed by atoms with E-state index in [0.717, 1.165) is 18.7 Å². The van der Waals surface area contributed by atoms with Crippen molar-refractivity contribution >= 4 is 40.2 Å². The molecule has 0 aliphatic carbocycles. The topological polar surface area (TPSA) is 65.9 Å². The lowest BCUT2D eigenvalue weighted by Gasteiger charge is -2.35. The minimum absolute atomic E-state index is 0.126. The second-order valence-corrected chi connectivity index (χ2v) is 10.8. The molecule has 0 amide bonds. The van der Waals surface area contributed by atoms with Crippen LogP contribution in [-0.4, -0.2) is 86.0 Å². The molecule has 8 nitrogen and oxygen atoms in total. The van der Waals surface area contributed by atoms with E-state index in [2.05, 4.69) is 15.1 Å². The van der Waals surface area contributed by atoms with Crippen LogP contribution in [0.2, 0.25) is 5.02 Å². The average molecular weight is 583 g/mol. The largest absolute Gasteiger partial charge is 0.491 e. The molecule has 0 unspecified atom stereocenters. The first-order valence-electron chi connectivity index (χ1n) is 13.1. The second kappa shape index (κ2) is 11.1. The van der Waals surface area contributed by atoms with Crippen LogP contribution in [0, 0.1) is 19.7 Å². The van der Waals surface area contributed by atoms with Gasteiger partial charge in [0.2, 0.25) is 5.95 Å². The van der Waals surface area contributed by atoms with Crippen LogP contribution in [0.1, 0.15) is 16.7 Å². The number of anilines is 2. The van der Waals surface area contributed by atoms with Crippen molar-refractivity contribution in [3.8, 4) is 5.75 Å². The first-order valence-corrected chi connectivity index (χ1v) is 13.5. The molecule has 0 spiro atoms. The number of ether oxygens (including phenoxy) is 1. The maximum Gasteiger partial charge on any atom is 0.491 e. The highest BCUT2D eigenvalue weighted by atomic mass is 35.5. The number of halogens is 5. The zero-order valence-electron chi connectivity index (χ0n) is 22.5. The molecule has 0 atom stereocenters. The van der Waals surface area contributed by atoms with Crippen LogP contribution < -0.4 is 19.9 Å². The van der Waals surface area contributed by atoms with Crippen molar-refractivity contribution < 1.29 is 27.1 Å². The first kappa shape index (κ1) is 28.4. The summed E-state index contributed by atoms with van der Waals surface area (Å²) in [7, 11) is 1.96. The van der Waals surface area contributed by atoms with Crippen LogP contribution in [0.5, 0.6) is 5.75 Å². The van der Waals surface area contributed by atoms with Gasteiger partial charge in [-0.3, -0.25) is 0 Å². The smallest absolute Gasteiger partial charge is 0.416 e. The Labute approximate surface area is 234 Å². The van der Waals surface area contributed by atoms with Gasteiger partial charge in [-0.2, -0.15) is 13.2 Å². The van der Waals surface area contributed by atoms with E-state index in [1.807, 2.05) is 16.5 Å². The Morgan fingerprint density at radius 1 is 1.02 bits per heavy atom. The Hall–Kier alpha value is -3.09. The molecule has 1 aromatic heterocycles. The molecule has 3 aromatic rings. The van der Waals surface area contributed by atoms with Gasteiger partial charge >= 0.3 is 12.1 Å². The zero-order valence-corrected chi connectivity index (χ0v) is 23.3. The predicted octanol–water partition coefficient (Wildman–Crippen LogP) is 4.12. The Morgan fingerprint density at radius 3 is 2.25 bits per heavy atom. The van der Waals surface area contributed by atoms with Crippen molar-refractivity contribution in [3.63, 3.8) is 0 Å². The van der Waals surface area contributed by atoms with Crippen molar-refractivity contribution in [1.82, 2.24) is 19.8 Å². The van der Waals surface area contributed by atoms with E-state index in [4.69, 9.17) is 21.3 Å². The number of alkyl halides is 3. The summed E-state index contributed by atoms with van der Waals surface area (Å²) in [6, 6.07) is 5.05. The molecule has 2 aliphatic rings. The van der Waals surface area contributed by atoms with Crippen LogP contribution in [0.3, 0.4) is 0 Å². The molecule has 1 N–H and O–H groups in total. The quantitative estimate of drug-likeness (QED) is 0.276. The summed E-state index contributed by atoms with van der Waals surface area (Å²) >= 11 is 6.60. The summed E-state index contributed by atoms with van der Waals surface area (Å²) in [6.45, 7) is 8.81. The van der Waals surface area contributed by atoms with Gasteiger partial charge in [-0.15, -0.1) is 0 Å². The lowest BCUT2D eigenvalue weighted by atomic mass is 10.1. The van der Waals surface area contributed by atoms with E-state index in [9.17, 15) is 22.4 Å². The molecular weight excluding hydrogens is 552 g/mol. The Morgan fingerprint density at radius 2 is 1.65 bits per heavy atom. The fraction of sp³-hybridized carbons (Fsp3) is 0.481. The predicted molar refractivity (Wildman–Crippen MR) is 146 cm³/mol. The van der Waals surface area contributed by atoms with Crippen molar-refractivity contribution in [2.45, 2.75) is 26.6 Å². The summed E-state index contributed by atoms with van der Waals surface area (Å²) in [6.07, 6.45) is -5.19. The molecule has 5 rings (SSSR count). The van der Waals surface area contributed by atoms with E-state index >= 15 is 0 Å². The number of piperazine rings is 2. The molecule has 2 saturated heterocycles. The number of nitrogens with zero attached hydrogens (tertiary/aromatic N) is 5. The van der Waals surface area contributed by atoms with Gasteiger partial charge in [0.1, 0.15) is 17.0 Å². The van der Waals surface area contributed by atoms with E-state index in [1.165, 1.54) is 6.07 Å². The number of fused-ring (bicyclic) bond motifs is 1. The highest BCUT2D eigenvalue weighted by Gasteiger charge is 2.43. The van der Waals surface area contributed by atoms with Crippen LogP contribution in [0.25, 0.3) is 11.0 Å². The van der Waals surface area contributed by atoms with Gasteiger partial charge in [0.25, 0.3) is 0 Å². The number of hydrogen-bond acceptors (Lipinski definition) is 7. The number of hydrogen-bond donors (Lipinski definition) is 1. The number of carbonyl (C=O) groups excluding carboxylic acids is 1. The summed E-state index contributed by atoms with van der Waals surface area (Å²) in [5.41, 5.74) is 3.11. The van der Waals surface area contributed by atoms with E-state index in [-0.39, 0.29) is 22.3 Å². The molecule has 0 saturated carbocycles. The zero-order chi connectivity index (χ0) is 28.8. The summed E-state index contributed by atoms with van der Waals surface area (Å²) in [5.74, 6) is -2.35. The number of aryl methyl sites for hydroxylation is 2. The third-order valence-electron chi connectivity index (χ3n) is 7.39. The number of benzene rings is 2. The van der Waals surface area contributed by atoms with Gasteiger partial charge in [0.05, 0.1) is 17.1 Å². The molecule has 216 valence electrons. The second-order valence-electron chi connectivity index (χ2n) is 10.4. The van der Waals surface area contributed by atoms with Gasteiger partial charge < -0.3 is 29.3 Å². The first-order chi connectivity index (χ1) is 18.9. The fourth-order valence-electron chi connectivity index (χ4n) is 5.32. The van der Waals surface area contributed by atoms with Gasteiger partial charge in [0, 0.05) is 52.4 Å². The van der Waals surface area contributed by atoms with Gasteiger partial charge in [-0.25, -0.2) is 14.2 Å². The molecule has 2 aliphatic heterocycles. The monoisotopic (exact) mass is 582 g/mol. The number of imidazole rings is 1. The van der Waals surface area contributed by atoms with Crippen molar-refractivity contribution in [1.29, 1.82) is 0 Å². The molecular formula is C27H31ClF4N6O2. The normalized spacial score (nSPS) is 17.1. The summed E-state index contributed by atoms with van der Waals surface area (Å²) < 4.78 is 61.0. The highest BCUT2D eigenvalue weighted by Crippen LogP contribution is 2.44. The number of esters is 1. The number of likely N-dealkylation sites (N-methyl/N-ethyl adjacent to an activating group) is 1. The maximum atomic E-state index is 14.4. The standard InChI is InChI=1S/C27H31ClF4N6O2/c1-16-12-18(13-17(2)21(16)29)15-38-20-14-19(28)24(40-25(39)27(30,31)32)23(36-10-8-35(3)9-11-36)22(20)34-26(38)37-6-4-33-5-7-37/h12-14,33H,4-11,15H2,1-3H3. The Balaban J connectivity index is 1.72. The Kier molecular flexibility index (Phi) is 7.86. The minimum Gasteiger partial charge on any atom is -0.416 e. The number of nitrogens with one attached hydrogen (secondary N) is 1. The highest BCUT2D eigenvalue weighted by molar-refractivity contribution is 6.34. The van der Waals surface area contributed by atoms with Crippen LogP contribution in [0.4, 0.5) is 29.2 Å². The fourth-order valence-corrected chi connectivity index (χ4v) is 5.55. The molecule has 40 heavy (non-hydrogen) atoms. The van der Waals surface area contributed by atoms with Gasteiger partial charge in [0.15, 0.2) is 5.75 Å². The van der Waals surface area contributed by atoms with Crippen molar-refractivity contribution in [3.05, 3.63) is 45.7 Å². The van der Waals surface area contributed by atoms with Crippen molar-refractivity contribution in [2.24, 2.45) is 0 Å². The molecule has 0 bridgehead atoms. The third kappa shape index (κ3) is 5.57. The molecule has 3 heterocycles. The lowest BCUT2D eigenvalue weighted by molar-refractivity contribution is -0.189. The van der Waals surface area contributed by atoms with E-state index in [0.29, 0.717) is 73.9 Å². The average Bonchev–Trinajstić information content (AvgIpc) is 3.25. The maximum absolute atomic E-state index is 14.4. The van der Waals surface area contributed by atoms with Gasteiger partial charge in [-0.05, 0) is 43.7 Å². The van der Waals surface area contributed by atoms with E-state index in [1.54, 1.807) is 26.0 Å². The van der Waals surface area contributed by atoms with Crippen LogP contribution >= 0.6 is 11.6 Å².